The van der Waals surface area contributed by atoms with Crippen LogP contribution in [0.25, 0.3) is 0 Å². The first-order valence-electron chi connectivity index (χ1n) is 12.2. The Labute approximate surface area is 213 Å². The lowest BCUT2D eigenvalue weighted by Crippen LogP contribution is -2.60. The highest BCUT2D eigenvalue weighted by atomic mass is 32.2. The van der Waals surface area contributed by atoms with Gasteiger partial charge in [-0.1, -0.05) is 12.1 Å². The molecule has 4 rings (SSSR count). The second-order valence-electron chi connectivity index (χ2n) is 9.72. The number of benzene rings is 1. The van der Waals surface area contributed by atoms with Crippen LogP contribution in [0, 0.1) is 11.8 Å². The monoisotopic (exact) mass is 545 g/mol. The van der Waals surface area contributed by atoms with Crippen LogP contribution in [0.15, 0.2) is 24.3 Å². The van der Waals surface area contributed by atoms with Gasteiger partial charge in [-0.15, -0.1) is 0 Å². The zero-order valence-corrected chi connectivity index (χ0v) is 20.9. The van der Waals surface area contributed by atoms with Crippen LogP contribution in [0.2, 0.25) is 0 Å². The number of rotatable bonds is 7. The number of carbonyl (C=O) groups excluding carboxylic acids is 3. The molecule has 3 aliphatic heterocycles. The summed E-state index contributed by atoms with van der Waals surface area (Å²) in [7, 11) is -3.82. The molecule has 0 unspecified atom stereocenters. The van der Waals surface area contributed by atoms with Crippen molar-refractivity contribution in [3.05, 3.63) is 35.4 Å². The van der Waals surface area contributed by atoms with Crippen molar-refractivity contribution >= 4 is 27.9 Å². The van der Waals surface area contributed by atoms with Crippen molar-refractivity contribution in [1.29, 1.82) is 0 Å². The summed E-state index contributed by atoms with van der Waals surface area (Å²) in [4.78, 5) is 38.9. The third-order valence-corrected chi connectivity index (χ3v) is 9.16. The van der Waals surface area contributed by atoms with Crippen LogP contribution in [-0.2, 0) is 37.3 Å². The molecule has 37 heavy (non-hydrogen) atoms. The number of primary amides is 1. The summed E-state index contributed by atoms with van der Waals surface area (Å²) >= 11 is 0. The molecular formula is C23H30F3N5O5S. The Morgan fingerprint density at radius 3 is 2.19 bits per heavy atom. The van der Waals surface area contributed by atoms with Crippen LogP contribution in [0.1, 0.15) is 36.8 Å². The van der Waals surface area contributed by atoms with Gasteiger partial charge in [0.15, 0.2) is 0 Å². The van der Waals surface area contributed by atoms with E-state index in [1.807, 2.05) is 0 Å². The molecule has 1 aromatic rings. The maximum absolute atomic E-state index is 13.3. The molecule has 0 aromatic heterocycles. The number of likely N-dealkylation sites (tertiary alicyclic amines) is 1. The van der Waals surface area contributed by atoms with Crippen molar-refractivity contribution in [3.63, 3.8) is 0 Å². The predicted octanol–water partition coefficient (Wildman–Crippen LogP) is 0.687. The maximum atomic E-state index is 13.3. The quantitative estimate of drug-likeness (QED) is 0.520. The second kappa shape index (κ2) is 10.6. The number of piperidine rings is 1. The van der Waals surface area contributed by atoms with Crippen LogP contribution in [-0.4, -0.2) is 78.4 Å². The Morgan fingerprint density at radius 2 is 1.57 bits per heavy atom. The van der Waals surface area contributed by atoms with Gasteiger partial charge in [-0.3, -0.25) is 14.4 Å². The zero-order valence-electron chi connectivity index (χ0n) is 20.1. The number of nitrogens with one attached hydrogen (secondary N) is 1. The number of nitrogens with zero attached hydrogens (tertiary/aromatic N) is 3. The largest absolute Gasteiger partial charge is 0.416 e. The average Bonchev–Trinajstić information content (AvgIpc) is 3.30. The molecule has 1 aromatic carbocycles. The number of nitrogens with two attached hydrogens (primary N) is 1. The van der Waals surface area contributed by atoms with E-state index in [-0.39, 0.29) is 38.6 Å². The van der Waals surface area contributed by atoms with Crippen LogP contribution in [0.3, 0.4) is 0 Å². The first kappa shape index (κ1) is 27.3. The van der Waals surface area contributed by atoms with E-state index in [0.29, 0.717) is 37.8 Å². The predicted molar refractivity (Wildman–Crippen MR) is 125 cm³/mol. The molecule has 204 valence electrons. The van der Waals surface area contributed by atoms with Gasteiger partial charge in [0.05, 0.1) is 17.4 Å². The summed E-state index contributed by atoms with van der Waals surface area (Å²) in [6.45, 7) is 0.705. The number of carbonyl (C=O) groups is 3. The molecule has 0 bridgehead atoms. The Bertz CT molecular complexity index is 1140. The van der Waals surface area contributed by atoms with E-state index in [1.54, 1.807) is 0 Å². The third kappa shape index (κ3) is 5.91. The molecule has 3 amide bonds. The summed E-state index contributed by atoms with van der Waals surface area (Å²) in [6.07, 6.45) is -2.41. The average molecular weight is 546 g/mol. The molecule has 14 heteroatoms. The Balaban J connectivity index is 1.33. The number of halogens is 3. The van der Waals surface area contributed by atoms with Gasteiger partial charge in [-0.2, -0.15) is 30.2 Å². The van der Waals surface area contributed by atoms with E-state index in [1.165, 1.54) is 25.6 Å². The van der Waals surface area contributed by atoms with Crippen molar-refractivity contribution < 1.29 is 36.0 Å². The molecule has 2 atom stereocenters. The summed E-state index contributed by atoms with van der Waals surface area (Å²) in [5.41, 5.74) is 4.95. The van der Waals surface area contributed by atoms with Gasteiger partial charge >= 0.3 is 6.18 Å². The van der Waals surface area contributed by atoms with Crippen LogP contribution in [0.5, 0.6) is 0 Å². The number of alkyl halides is 3. The topological polar surface area (TPSA) is 133 Å². The lowest BCUT2D eigenvalue weighted by atomic mass is 9.97. The normalized spacial score (nSPS) is 24.0. The highest BCUT2D eigenvalue weighted by Crippen LogP contribution is 2.30. The van der Waals surface area contributed by atoms with Crippen LogP contribution >= 0.6 is 0 Å². The molecule has 3 heterocycles. The van der Waals surface area contributed by atoms with Crippen molar-refractivity contribution in [2.24, 2.45) is 17.6 Å². The molecular weight excluding hydrogens is 515 g/mol. The fourth-order valence-corrected chi connectivity index (χ4v) is 6.77. The number of amides is 3. The third-order valence-electron chi connectivity index (χ3n) is 7.22. The fraction of sp³-hybridized carbons (Fsp3) is 0.609. The minimum atomic E-state index is -4.44. The lowest BCUT2D eigenvalue weighted by molar-refractivity contribution is -0.142. The van der Waals surface area contributed by atoms with E-state index in [4.69, 9.17) is 5.73 Å². The minimum Gasteiger partial charge on any atom is -0.369 e. The summed E-state index contributed by atoms with van der Waals surface area (Å²) in [5.74, 6) is -2.34. The van der Waals surface area contributed by atoms with Crippen molar-refractivity contribution in [1.82, 2.24) is 18.8 Å². The van der Waals surface area contributed by atoms with E-state index in [9.17, 15) is 36.0 Å². The van der Waals surface area contributed by atoms with E-state index in [0.717, 1.165) is 12.1 Å². The number of hydrogen-bond donors (Lipinski definition) is 2. The molecule has 3 N–H and O–H groups in total. The lowest BCUT2D eigenvalue weighted by Gasteiger charge is -2.41. The van der Waals surface area contributed by atoms with Crippen LogP contribution < -0.4 is 11.1 Å². The first-order valence-corrected chi connectivity index (χ1v) is 13.6. The van der Waals surface area contributed by atoms with E-state index in [2.05, 4.69) is 5.32 Å². The molecule has 0 saturated carbocycles. The smallest absolute Gasteiger partial charge is 0.369 e. The minimum absolute atomic E-state index is 0.00466. The molecule has 0 aliphatic carbocycles. The van der Waals surface area contributed by atoms with Gasteiger partial charge in [0.2, 0.25) is 17.7 Å². The number of hydrogen-bond acceptors (Lipinski definition) is 5. The van der Waals surface area contributed by atoms with Gasteiger partial charge in [0.1, 0.15) is 6.04 Å². The van der Waals surface area contributed by atoms with Crippen molar-refractivity contribution in [3.8, 4) is 0 Å². The molecule has 0 spiro atoms. The van der Waals surface area contributed by atoms with Gasteiger partial charge in [-0.25, -0.2) is 0 Å². The van der Waals surface area contributed by atoms with Crippen molar-refractivity contribution in [2.45, 2.75) is 44.4 Å². The standard InChI is InChI=1S/C23H30F3N5O5S/c24-23(25,26)18-7-5-15(6-8-18)11-28-21(33)19-4-2-10-31(19)22(34)16-3-1-9-29(12-16)37(35,36)30-13-17(14-30)20(27)32/h5-8,16-17,19H,1-4,9-14H2,(H2,27,32)(H,28,33)/t16-,19+/m0/s1. The first-order chi connectivity index (χ1) is 17.4. The Kier molecular flexibility index (Phi) is 7.81. The molecule has 3 fully saturated rings. The molecule has 3 saturated heterocycles. The summed E-state index contributed by atoms with van der Waals surface area (Å²) in [5, 5.41) is 2.70. The molecule has 3 aliphatic rings. The highest BCUT2D eigenvalue weighted by molar-refractivity contribution is 7.86. The maximum Gasteiger partial charge on any atom is 0.416 e. The molecule has 0 radical (unpaired) electrons. The van der Waals surface area contributed by atoms with Gasteiger partial charge in [-0.05, 0) is 43.4 Å². The fourth-order valence-electron chi connectivity index (χ4n) is 4.98. The zero-order chi connectivity index (χ0) is 27.0. The Morgan fingerprint density at radius 1 is 0.946 bits per heavy atom. The van der Waals surface area contributed by atoms with Crippen molar-refractivity contribution in [2.75, 3.05) is 32.7 Å². The Hall–Kier alpha value is -2.71. The van der Waals surface area contributed by atoms with Gasteiger partial charge in [0, 0.05) is 39.3 Å². The van der Waals surface area contributed by atoms with E-state index >= 15 is 0 Å². The van der Waals surface area contributed by atoms with Gasteiger partial charge < -0.3 is 16.0 Å². The van der Waals surface area contributed by atoms with E-state index < -0.39 is 51.6 Å². The summed E-state index contributed by atoms with van der Waals surface area (Å²) < 4.78 is 66.5. The SMILES string of the molecule is NC(=O)C1CN(S(=O)(=O)N2CCC[C@H](C(=O)N3CCC[C@@H]3C(=O)NCc3ccc(C(F)(F)F)cc3)C2)C1. The molecule has 10 nitrogen and oxygen atoms in total. The second-order valence-corrected chi connectivity index (χ2v) is 11.7. The van der Waals surface area contributed by atoms with Crippen LogP contribution in [0.4, 0.5) is 13.2 Å². The highest BCUT2D eigenvalue weighted by Gasteiger charge is 2.45. The van der Waals surface area contributed by atoms with Gasteiger partial charge in [0.25, 0.3) is 10.2 Å². The summed E-state index contributed by atoms with van der Waals surface area (Å²) in [6, 6.07) is 3.76.